The third kappa shape index (κ3) is 3.15. The number of aromatic nitrogens is 1. The SMILES string of the molecule is CCC(=O)C1=C(O)C(=O)N(Cc2ccc(F)cc2)C1c1cccnc1. The summed E-state index contributed by atoms with van der Waals surface area (Å²) < 4.78 is 13.1. The Bertz CT molecular complexity index is 832. The van der Waals surface area contributed by atoms with Crippen molar-refractivity contribution in [1.29, 1.82) is 0 Å². The van der Waals surface area contributed by atoms with E-state index in [1.54, 1.807) is 43.6 Å². The maximum absolute atomic E-state index is 13.1. The summed E-state index contributed by atoms with van der Waals surface area (Å²) in [5.41, 5.74) is 1.42. The van der Waals surface area contributed by atoms with Crippen LogP contribution in [0.15, 0.2) is 60.1 Å². The molecular weight excluding hydrogens is 323 g/mol. The largest absolute Gasteiger partial charge is 0.503 e. The summed E-state index contributed by atoms with van der Waals surface area (Å²) in [7, 11) is 0. The van der Waals surface area contributed by atoms with Crippen molar-refractivity contribution < 1.29 is 19.1 Å². The fourth-order valence-electron chi connectivity index (χ4n) is 2.96. The first kappa shape index (κ1) is 16.8. The molecule has 1 aromatic carbocycles. The van der Waals surface area contributed by atoms with E-state index in [0.29, 0.717) is 11.1 Å². The van der Waals surface area contributed by atoms with Crippen LogP contribution in [0.2, 0.25) is 0 Å². The lowest BCUT2D eigenvalue weighted by Gasteiger charge is -2.26. The van der Waals surface area contributed by atoms with Crippen LogP contribution in [0.4, 0.5) is 4.39 Å². The van der Waals surface area contributed by atoms with Gasteiger partial charge in [0.15, 0.2) is 11.5 Å². The summed E-state index contributed by atoms with van der Waals surface area (Å²) in [6.45, 7) is 1.82. The van der Waals surface area contributed by atoms with E-state index in [1.807, 2.05) is 0 Å². The molecule has 0 saturated heterocycles. The molecule has 1 amide bonds. The number of amides is 1. The number of hydrogen-bond donors (Lipinski definition) is 1. The highest BCUT2D eigenvalue weighted by Crippen LogP contribution is 2.38. The molecular formula is C19H17FN2O3. The summed E-state index contributed by atoms with van der Waals surface area (Å²) in [6.07, 6.45) is 3.33. The van der Waals surface area contributed by atoms with Crippen molar-refractivity contribution in [2.45, 2.75) is 25.9 Å². The van der Waals surface area contributed by atoms with Gasteiger partial charge in [-0.2, -0.15) is 0 Å². The zero-order valence-electron chi connectivity index (χ0n) is 13.6. The molecule has 0 bridgehead atoms. The Morgan fingerprint density at radius 3 is 2.60 bits per heavy atom. The average Bonchev–Trinajstić information content (AvgIpc) is 2.88. The Balaban J connectivity index is 2.02. The molecule has 1 atom stereocenters. The van der Waals surface area contributed by atoms with Crippen LogP contribution in [-0.4, -0.2) is 26.7 Å². The zero-order chi connectivity index (χ0) is 18.0. The first-order valence-corrected chi connectivity index (χ1v) is 7.94. The van der Waals surface area contributed by atoms with Crippen molar-refractivity contribution in [2.24, 2.45) is 0 Å². The van der Waals surface area contributed by atoms with Crippen LogP contribution in [0.1, 0.15) is 30.5 Å². The molecule has 0 saturated carbocycles. The first-order valence-electron chi connectivity index (χ1n) is 7.94. The lowest BCUT2D eigenvalue weighted by molar-refractivity contribution is -0.130. The molecule has 1 aliphatic rings. The van der Waals surface area contributed by atoms with Gasteiger partial charge in [0, 0.05) is 25.4 Å². The van der Waals surface area contributed by atoms with E-state index >= 15 is 0 Å². The number of carbonyl (C=O) groups is 2. The van der Waals surface area contributed by atoms with Crippen LogP contribution in [0.5, 0.6) is 0 Å². The first-order chi connectivity index (χ1) is 12.0. The van der Waals surface area contributed by atoms with E-state index in [4.69, 9.17) is 0 Å². The molecule has 2 heterocycles. The molecule has 6 heteroatoms. The third-order valence-electron chi connectivity index (χ3n) is 4.19. The molecule has 0 radical (unpaired) electrons. The molecule has 2 aromatic rings. The van der Waals surface area contributed by atoms with Crippen molar-refractivity contribution in [3.8, 4) is 0 Å². The summed E-state index contributed by atoms with van der Waals surface area (Å²) in [6, 6.07) is 8.50. The number of ketones is 1. The number of nitrogens with zero attached hydrogens (tertiary/aromatic N) is 2. The molecule has 1 N–H and O–H groups in total. The Morgan fingerprint density at radius 1 is 1.28 bits per heavy atom. The quantitative estimate of drug-likeness (QED) is 0.908. The predicted molar refractivity (Wildman–Crippen MR) is 88.9 cm³/mol. The summed E-state index contributed by atoms with van der Waals surface area (Å²) >= 11 is 0. The molecule has 128 valence electrons. The molecule has 1 unspecified atom stereocenters. The van der Waals surface area contributed by atoms with Crippen LogP contribution >= 0.6 is 0 Å². The normalized spacial score (nSPS) is 17.3. The standard InChI is InChI=1S/C19H17FN2O3/c1-2-15(23)16-17(13-4-3-9-21-10-13)22(19(25)18(16)24)11-12-5-7-14(20)8-6-12/h3-10,17,24H,2,11H2,1H3. The van der Waals surface area contributed by atoms with Crippen molar-refractivity contribution in [3.05, 3.63) is 77.1 Å². The fourth-order valence-corrected chi connectivity index (χ4v) is 2.96. The van der Waals surface area contributed by atoms with Crippen LogP contribution in [-0.2, 0) is 16.1 Å². The molecule has 0 fully saturated rings. The number of halogens is 1. The number of pyridine rings is 1. The molecule has 0 spiro atoms. The molecule has 5 nitrogen and oxygen atoms in total. The molecule has 25 heavy (non-hydrogen) atoms. The van der Waals surface area contributed by atoms with Gasteiger partial charge in [0.1, 0.15) is 5.82 Å². The van der Waals surface area contributed by atoms with Crippen molar-refractivity contribution in [1.82, 2.24) is 9.88 Å². The van der Waals surface area contributed by atoms with E-state index in [1.165, 1.54) is 17.0 Å². The number of Topliss-reactive ketones (excluding diaryl/α,β-unsaturated/α-hetero) is 1. The second-order valence-electron chi connectivity index (χ2n) is 5.79. The van der Waals surface area contributed by atoms with Gasteiger partial charge in [-0.3, -0.25) is 14.6 Å². The summed E-state index contributed by atoms with van der Waals surface area (Å²) in [5, 5.41) is 10.3. The molecule has 1 aliphatic heterocycles. The van der Waals surface area contributed by atoms with Gasteiger partial charge in [0.2, 0.25) is 0 Å². The highest BCUT2D eigenvalue weighted by Gasteiger charge is 2.42. The average molecular weight is 340 g/mol. The lowest BCUT2D eigenvalue weighted by Crippen LogP contribution is -2.30. The van der Waals surface area contributed by atoms with Gasteiger partial charge in [-0.05, 0) is 29.3 Å². The monoisotopic (exact) mass is 340 g/mol. The van der Waals surface area contributed by atoms with Gasteiger partial charge in [-0.1, -0.05) is 25.1 Å². The minimum atomic E-state index is -0.710. The van der Waals surface area contributed by atoms with Gasteiger partial charge < -0.3 is 10.0 Å². The number of carbonyl (C=O) groups excluding carboxylic acids is 2. The fraction of sp³-hybridized carbons (Fsp3) is 0.211. The minimum absolute atomic E-state index is 0.0858. The minimum Gasteiger partial charge on any atom is -0.503 e. The highest BCUT2D eigenvalue weighted by atomic mass is 19.1. The van der Waals surface area contributed by atoms with Gasteiger partial charge in [-0.15, -0.1) is 0 Å². The van der Waals surface area contributed by atoms with Gasteiger partial charge in [0.05, 0.1) is 11.6 Å². The van der Waals surface area contributed by atoms with E-state index in [9.17, 15) is 19.1 Å². The lowest BCUT2D eigenvalue weighted by atomic mass is 9.96. The van der Waals surface area contributed by atoms with Crippen LogP contribution in [0, 0.1) is 5.82 Å². The zero-order valence-corrected chi connectivity index (χ0v) is 13.6. The van der Waals surface area contributed by atoms with Gasteiger partial charge >= 0.3 is 0 Å². The smallest absolute Gasteiger partial charge is 0.290 e. The topological polar surface area (TPSA) is 70.5 Å². The molecule has 3 rings (SSSR count). The Kier molecular flexibility index (Phi) is 4.61. The number of rotatable bonds is 5. The second-order valence-corrected chi connectivity index (χ2v) is 5.79. The number of aliphatic hydroxyl groups is 1. The maximum Gasteiger partial charge on any atom is 0.290 e. The van der Waals surface area contributed by atoms with Crippen molar-refractivity contribution >= 4 is 11.7 Å². The number of aliphatic hydroxyl groups excluding tert-OH is 1. The van der Waals surface area contributed by atoms with Crippen LogP contribution in [0.25, 0.3) is 0 Å². The van der Waals surface area contributed by atoms with Crippen LogP contribution in [0.3, 0.4) is 0 Å². The molecule has 1 aromatic heterocycles. The second kappa shape index (κ2) is 6.84. The van der Waals surface area contributed by atoms with Crippen LogP contribution < -0.4 is 0 Å². The van der Waals surface area contributed by atoms with E-state index in [2.05, 4.69) is 4.98 Å². The Hall–Kier alpha value is -3.02. The maximum atomic E-state index is 13.1. The van der Waals surface area contributed by atoms with E-state index in [0.717, 1.165) is 0 Å². The number of benzene rings is 1. The van der Waals surface area contributed by atoms with E-state index in [-0.39, 0.29) is 30.1 Å². The van der Waals surface area contributed by atoms with E-state index < -0.39 is 17.7 Å². The van der Waals surface area contributed by atoms with Crippen molar-refractivity contribution in [2.75, 3.05) is 0 Å². The Labute approximate surface area is 144 Å². The van der Waals surface area contributed by atoms with Gasteiger partial charge in [-0.25, -0.2) is 4.39 Å². The number of hydrogen-bond acceptors (Lipinski definition) is 4. The predicted octanol–water partition coefficient (Wildman–Crippen LogP) is 3.10. The summed E-state index contributed by atoms with van der Waals surface area (Å²) in [5.74, 6) is -1.80. The summed E-state index contributed by atoms with van der Waals surface area (Å²) in [4.78, 5) is 30.3. The Morgan fingerprint density at radius 2 is 2.00 bits per heavy atom. The van der Waals surface area contributed by atoms with Crippen molar-refractivity contribution in [3.63, 3.8) is 0 Å². The van der Waals surface area contributed by atoms with Gasteiger partial charge in [0.25, 0.3) is 5.91 Å². The molecule has 0 aliphatic carbocycles. The highest BCUT2D eigenvalue weighted by molar-refractivity contribution is 6.08. The third-order valence-corrected chi connectivity index (χ3v) is 4.19.